The summed E-state index contributed by atoms with van der Waals surface area (Å²) >= 11 is 0. The fourth-order valence-corrected chi connectivity index (χ4v) is 5.38. The molecule has 0 amide bonds. The van der Waals surface area contributed by atoms with Crippen LogP contribution < -0.4 is 10.2 Å². The Labute approximate surface area is 192 Å². The van der Waals surface area contributed by atoms with Crippen molar-refractivity contribution < 1.29 is 4.74 Å². The van der Waals surface area contributed by atoms with E-state index in [0.29, 0.717) is 23.2 Å². The molecule has 2 aromatic carbocycles. The van der Waals surface area contributed by atoms with E-state index in [4.69, 9.17) is 9.72 Å². The first kappa shape index (κ1) is 20.0. The molecular formula is C26H26N6O. The maximum absolute atomic E-state index is 9.44. The second kappa shape index (κ2) is 7.75. The number of rotatable bonds is 4. The molecule has 0 unspecified atom stereocenters. The van der Waals surface area contributed by atoms with Crippen molar-refractivity contribution in [3.8, 4) is 6.07 Å². The largest absolute Gasteiger partial charge is 0.381 e. The standard InChI is InChI=1S/C26H26N6O/c1-16-18(11-27)4-3-5-22(16)17(2)29-25-23-10-21(31-12-19-14-33-15-20(19)13-31)6-7-24(23)32-9-8-28-26(32)30-25/h3-10,17,19-20H,12-15H2,1-2H3,(H,28,29,30)/t17-,19-,20+/m1/s1. The first-order chi connectivity index (χ1) is 16.1. The Balaban J connectivity index is 1.41. The van der Waals surface area contributed by atoms with Crippen molar-refractivity contribution in [3.63, 3.8) is 0 Å². The van der Waals surface area contributed by atoms with Crippen LogP contribution in [0.3, 0.4) is 0 Å². The second-order valence-corrected chi connectivity index (χ2v) is 9.22. The number of nitriles is 1. The van der Waals surface area contributed by atoms with Crippen LogP contribution in [0.2, 0.25) is 0 Å². The number of aromatic nitrogens is 3. The van der Waals surface area contributed by atoms with Crippen molar-refractivity contribution in [3.05, 3.63) is 65.5 Å². The zero-order chi connectivity index (χ0) is 22.5. The molecule has 166 valence electrons. The molecule has 2 fully saturated rings. The Morgan fingerprint density at radius 1 is 1.18 bits per heavy atom. The minimum atomic E-state index is -0.0154. The van der Waals surface area contributed by atoms with Crippen molar-refractivity contribution in [2.45, 2.75) is 19.9 Å². The van der Waals surface area contributed by atoms with E-state index in [2.05, 4.69) is 52.5 Å². The molecule has 3 atom stereocenters. The van der Waals surface area contributed by atoms with E-state index < -0.39 is 0 Å². The smallest absolute Gasteiger partial charge is 0.236 e. The highest BCUT2D eigenvalue weighted by atomic mass is 16.5. The normalized spacial score (nSPS) is 20.8. The summed E-state index contributed by atoms with van der Waals surface area (Å²) in [7, 11) is 0. The molecule has 6 rings (SSSR count). The van der Waals surface area contributed by atoms with Crippen molar-refractivity contribution in [1.82, 2.24) is 14.4 Å². The molecule has 0 radical (unpaired) electrons. The number of nitrogens with zero attached hydrogens (tertiary/aromatic N) is 5. The van der Waals surface area contributed by atoms with Crippen LogP contribution in [0.25, 0.3) is 16.7 Å². The quantitative estimate of drug-likeness (QED) is 0.511. The van der Waals surface area contributed by atoms with Gasteiger partial charge in [0, 0.05) is 48.4 Å². The molecule has 0 spiro atoms. The lowest BCUT2D eigenvalue weighted by Gasteiger charge is -2.22. The number of fused-ring (bicyclic) bond motifs is 4. The lowest BCUT2D eigenvalue weighted by Crippen LogP contribution is -2.22. The number of imidazole rings is 1. The Hall–Kier alpha value is -3.63. The van der Waals surface area contributed by atoms with Crippen LogP contribution in [0.4, 0.5) is 11.5 Å². The maximum atomic E-state index is 9.44. The SMILES string of the molecule is Cc1c(C#N)cccc1[C@@H](C)Nc1nc2nccn2c2ccc(N3C[C@H]4COC[C@H]4C3)cc12. The first-order valence-corrected chi connectivity index (χ1v) is 11.5. The van der Waals surface area contributed by atoms with E-state index in [9.17, 15) is 5.26 Å². The average molecular weight is 439 g/mol. The molecule has 7 heteroatoms. The van der Waals surface area contributed by atoms with Gasteiger partial charge in [0.1, 0.15) is 5.82 Å². The highest BCUT2D eigenvalue weighted by Gasteiger charge is 2.37. The van der Waals surface area contributed by atoms with Gasteiger partial charge in [-0.25, -0.2) is 4.98 Å². The average Bonchev–Trinajstić information content (AvgIpc) is 3.55. The predicted octanol–water partition coefficient (Wildman–Crippen LogP) is 4.32. The number of hydrogen-bond acceptors (Lipinski definition) is 6. The fourth-order valence-electron chi connectivity index (χ4n) is 5.38. The summed E-state index contributed by atoms with van der Waals surface area (Å²) in [5, 5.41) is 14.1. The van der Waals surface area contributed by atoms with Gasteiger partial charge in [0.15, 0.2) is 0 Å². The Kier molecular flexibility index (Phi) is 4.70. The zero-order valence-electron chi connectivity index (χ0n) is 18.8. The maximum Gasteiger partial charge on any atom is 0.236 e. The number of nitrogens with one attached hydrogen (secondary N) is 1. The van der Waals surface area contributed by atoms with Gasteiger partial charge in [-0.15, -0.1) is 0 Å². The van der Waals surface area contributed by atoms with Gasteiger partial charge in [0.05, 0.1) is 36.4 Å². The summed E-state index contributed by atoms with van der Waals surface area (Å²) in [4.78, 5) is 11.8. The molecule has 2 aromatic heterocycles. The molecule has 2 aliphatic heterocycles. The third-order valence-corrected chi connectivity index (χ3v) is 7.25. The van der Waals surface area contributed by atoms with Crippen LogP contribution in [-0.2, 0) is 4.74 Å². The van der Waals surface area contributed by atoms with E-state index in [1.807, 2.05) is 29.7 Å². The molecular weight excluding hydrogens is 412 g/mol. The van der Waals surface area contributed by atoms with Gasteiger partial charge in [0.25, 0.3) is 0 Å². The summed E-state index contributed by atoms with van der Waals surface area (Å²) in [6.45, 7) is 7.93. The van der Waals surface area contributed by atoms with E-state index in [0.717, 1.165) is 54.2 Å². The Morgan fingerprint density at radius 3 is 2.79 bits per heavy atom. The zero-order valence-corrected chi connectivity index (χ0v) is 18.8. The molecule has 4 aromatic rings. The fraction of sp³-hybridized carbons (Fsp3) is 0.346. The van der Waals surface area contributed by atoms with Crippen molar-refractivity contribution in [1.29, 1.82) is 5.26 Å². The van der Waals surface area contributed by atoms with Gasteiger partial charge in [0.2, 0.25) is 5.78 Å². The van der Waals surface area contributed by atoms with E-state index in [1.54, 1.807) is 6.20 Å². The minimum Gasteiger partial charge on any atom is -0.381 e. The Morgan fingerprint density at radius 2 is 2.00 bits per heavy atom. The van der Waals surface area contributed by atoms with E-state index in [-0.39, 0.29) is 6.04 Å². The van der Waals surface area contributed by atoms with E-state index in [1.165, 1.54) is 5.69 Å². The first-order valence-electron chi connectivity index (χ1n) is 11.5. The molecule has 7 nitrogen and oxygen atoms in total. The summed E-state index contributed by atoms with van der Waals surface area (Å²) in [5.74, 6) is 2.73. The number of anilines is 2. The van der Waals surface area contributed by atoms with Crippen LogP contribution in [0, 0.1) is 30.1 Å². The van der Waals surface area contributed by atoms with Gasteiger partial charge < -0.3 is 15.0 Å². The van der Waals surface area contributed by atoms with E-state index >= 15 is 0 Å². The lowest BCUT2D eigenvalue weighted by atomic mass is 9.98. The molecule has 2 aliphatic rings. The van der Waals surface area contributed by atoms with Crippen molar-refractivity contribution in [2.24, 2.45) is 11.8 Å². The minimum absolute atomic E-state index is 0.0154. The molecule has 0 bridgehead atoms. The highest BCUT2D eigenvalue weighted by Crippen LogP contribution is 2.36. The second-order valence-electron chi connectivity index (χ2n) is 9.22. The molecule has 0 aliphatic carbocycles. The number of benzene rings is 2. The number of ether oxygens (including phenoxy) is 1. The third kappa shape index (κ3) is 3.30. The number of hydrogen-bond donors (Lipinski definition) is 1. The van der Waals surface area contributed by atoms with Gasteiger partial charge in [-0.2, -0.15) is 10.2 Å². The van der Waals surface area contributed by atoms with Crippen molar-refractivity contribution >= 4 is 28.2 Å². The highest BCUT2D eigenvalue weighted by molar-refractivity contribution is 5.94. The molecule has 4 heterocycles. The van der Waals surface area contributed by atoms with Crippen LogP contribution >= 0.6 is 0 Å². The summed E-state index contributed by atoms with van der Waals surface area (Å²) in [5.41, 5.74) is 5.08. The topological polar surface area (TPSA) is 78.5 Å². The van der Waals surface area contributed by atoms with Gasteiger partial charge in [-0.3, -0.25) is 4.40 Å². The molecule has 1 N–H and O–H groups in total. The third-order valence-electron chi connectivity index (χ3n) is 7.25. The van der Waals surface area contributed by atoms with Crippen LogP contribution in [0.15, 0.2) is 48.8 Å². The van der Waals surface area contributed by atoms with Crippen molar-refractivity contribution in [2.75, 3.05) is 36.5 Å². The van der Waals surface area contributed by atoms with Crippen LogP contribution in [0.1, 0.15) is 29.7 Å². The summed E-state index contributed by atoms with van der Waals surface area (Å²) < 4.78 is 7.69. The summed E-state index contributed by atoms with van der Waals surface area (Å²) in [6.07, 6.45) is 3.74. The van der Waals surface area contributed by atoms with Crippen LogP contribution in [-0.4, -0.2) is 40.7 Å². The lowest BCUT2D eigenvalue weighted by molar-refractivity contribution is 0.177. The molecule has 33 heavy (non-hydrogen) atoms. The van der Waals surface area contributed by atoms with Gasteiger partial charge in [-0.1, -0.05) is 12.1 Å². The van der Waals surface area contributed by atoms with Gasteiger partial charge >= 0.3 is 0 Å². The monoisotopic (exact) mass is 438 g/mol. The summed E-state index contributed by atoms with van der Waals surface area (Å²) in [6, 6.07) is 14.8. The van der Waals surface area contributed by atoms with Gasteiger partial charge in [-0.05, 0) is 49.2 Å². The molecule has 2 saturated heterocycles. The molecule has 0 saturated carbocycles. The van der Waals surface area contributed by atoms with Crippen LogP contribution in [0.5, 0.6) is 0 Å². The predicted molar refractivity (Wildman–Crippen MR) is 128 cm³/mol. The Bertz CT molecular complexity index is 1390.